The number of para-hydroxylation sites is 1. The highest BCUT2D eigenvalue weighted by Gasteiger charge is 2.19. The van der Waals surface area contributed by atoms with E-state index >= 15 is 0 Å². The molecule has 1 atom stereocenters. The molecule has 0 aromatic heterocycles. The Morgan fingerprint density at radius 2 is 1.71 bits per heavy atom. The zero-order valence-corrected chi connectivity index (χ0v) is 12.9. The van der Waals surface area contributed by atoms with Gasteiger partial charge >= 0.3 is 0 Å². The second-order valence-electron chi connectivity index (χ2n) is 6.14. The van der Waals surface area contributed by atoms with E-state index in [9.17, 15) is 14.0 Å². The van der Waals surface area contributed by atoms with Gasteiger partial charge in [0.05, 0.1) is 12.7 Å². The van der Waals surface area contributed by atoms with Crippen molar-refractivity contribution in [2.45, 2.75) is 26.3 Å². The van der Waals surface area contributed by atoms with E-state index in [1.165, 1.54) is 12.1 Å². The van der Waals surface area contributed by atoms with Crippen molar-refractivity contribution < 1.29 is 18.9 Å². The standard InChI is InChI=1S/C15H22FN3O2/c1-15(2,3)18-14(21)10-19(4)9-13(20)17-12-8-6-5-7-11(12)16/h5-8H,9-10H2,1-4H3,(H,17,20)(H,18,21)/p+1. The van der Waals surface area contributed by atoms with Gasteiger partial charge in [0.15, 0.2) is 13.1 Å². The number of benzene rings is 1. The first-order chi connectivity index (χ1) is 9.67. The van der Waals surface area contributed by atoms with Crippen molar-refractivity contribution >= 4 is 17.5 Å². The van der Waals surface area contributed by atoms with E-state index in [-0.39, 0.29) is 36.1 Å². The van der Waals surface area contributed by atoms with Crippen LogP contribution in [0.2, 0.25) is 0 Å². The minimum atomic E-state index is -0.478. The predicted octanol–water partition coefficient (Wildman–Crippen LogP) is 0.194. The van der Waals surface area contributed by atoms with Gasteiger partial charge in [-0.2, -0.15) is 0 Å². The van der Waals surface area contributed by atoms with Gasteiger partial charge in [-0.15, -0.1) is 0 Å². The van der Waals surface area contributed by atoms with Gasteiger partial charge < -0.3 is 15.5 Å². The van der Waals surface area contributed by atoms with Crippen LogP contribution < -0.4 is 15.5 Å². The highest BCUT2D eigenvalue weighted by Crippen LogP contribution is 2.11. The molecule has 0 saturated carbocycles. The van der Waals surface area contributed by atoms with Crippen molar-refractivity contribution in [2.75, 3.05) is 25.5 Å². The molecule has 21 heavy (non-hydrogen) atoms. The van der Waals surface area contributed by atoms with Crippen molar-refractivity contribution in [3.8, 4) is 0 Å². The SMILES string of the molecule is C[NH+](CC(=O)Nc1ccccc1F)CC(=O)NC(C)(C)C. The maximum Gasteiger partial charge on any atom is 0.279 e. The molecule has 3 N–H and O–H groups in total. The van der Waals surface area contributed by atoms with Crippen LogP contribution in [0.25, 0.3) is 0 Å². The van der Waals surface area contributed by atoms with Crippen molar-refractivity contribution in [3.05, 3.63) is 30.1 Å². The third-order valence-electron chi connectivity index (χ3n) is 2.59. The zero-order valence-electron chi connectivity index (χ0n) is 12.9. The normalized spacial score (nSPS) is 12.6. The van der Waals surface area contributed by atoms with E-state index in [0.29, 0.717) is 0 Å². The van der Waals surface area contributed by atoms with Crippen molar-refractivity contribution in [1.29, 1.82) is 0 Å². The second kappa shape index (κ2) is 7.17. The Hall–Kier alpha value is -1.95. The number of anilines is 1. The number of likely N-dealkylation sites (N-methyl/N-ethyl adjacent to an activating group) is 1. The van der Waals surface area contributed by atoms with Crippen LogP contribution >= 0.6 is 0 Å². The fraction of sp³-hybridized carbons (Fsp3) is 0.467. The molecule has 0 bridgehead atoms. The Morgan fingerprint density at radius 3 is 2.29 bits per heavy atom. The summed E-state index contributed by atoms with van der Waals surface area (Å²) in [7, 11) is 1.74. The van der Waals surface area contributed by atoms with Crippen LogP contribution in [0, 0.1) is 5.82 Å². The van der Waals surface area contributed by atoms with Crippen LogP contribution in [-0.2, 0) is 9.59 Å². The van der Waals surface area contributed by atoms with E-state index in [2.05, 4.69) is 10.6 Å². The van der Waals surface area contributed by atoms with E-state index in [4.69, 9.17) is 0 Å². The number of carbonyl (C=O) groups is 2. The molecule has 2 amide bonds. The second-order valence-corrected chi connectivity index (χ2v) is 6.14. The fourth-order valence-electron chi connectivity index (χ4n) is 1.83. The van der Waals surface area contributed by atoms with Crippen LogP contribution in [0.3, 0.4) is 0 Å². The molecular weight excluding hydrogens is 273 g/mol. The number of hydrogen-bond donors (Lipinski definition) is 3. The van der Waals surface area contributed by atoms with E-state index in [0.717, 1.165) is 4.90 Å². The smallest absolute Gasteiger partial charge is 0.279 e. The Morgan fingerprint density at radius 1 is 1.14 bits per heavy atom. The van der Waals surface area contributed by atoms with Gasteiger partial charge in [-0.1, -0.05) is 12.1 Å². The quantitative estimate of drug-likeness (QED) is 0.726. The van der Waals surface area contributed by atoms with E-state index in [1.54, 1.807) is 19.2 Å². The summed E-state index contributed by atoms with van der Waals surface area (Å²) in [5.41, 5.74) is -0.151. The molecule has 0 fully saturated rings. The van der Waals surface area contributed by atoms with Gasteiger partial charge in [-0.25, -0.2) is 4.39 Å². The fourth-order valence-corrected chi connectivity index (χ4v) is 1.83. The zero-order chi connectivity index (χ0) is 16.0. The minimum absolute atomic E-state index is 0.0892. The average Bonchev–Trinajstić information content (AvgIpc) is 2.28. The molecule has 0 heterocycles. The maximum absolute atomic E-state index is 13.4. The van der Waals surface area contributed by atoms with E-state index in [1.807, 2.05) is 20.8 Å². The van der Waals surface area contributed by atoms with Crippen LogP contribution in [0.1, 0.15) is 20.8 Å². The number of quaternary nitrogens is 1. The number of halogens is 1. The molecule has 0 aliphatic heterocycles. The molecule has 1 unspecified atom stereocenters. The summed E-state index contributed by atoms with van der Waals surface area (Å²) < 4.78 is 13.4. The number of rotatable bonds is 5. The Bertz CT molecular complexity index is 512. The van der Waals surface area contributed by atoms with Gasteiger partial charge in [-0.05, 0) is 32.9 Å². The molecule has 1 aromatic carbocycles. The summed E-state index contributed by atoms with van der Waals surface area (Å²) in [5, 5.41) is 5.33. The van der Waals surface area contributed by atoms with Gasteiger partial charge in [0, 0.05) is 5.54 Å². The molecule has 0 aliphatic rings. The lowest BCUT2D eigenvalue weighted by Gasteiger charge is -2.21. The molecular formula is C15H23FN3O2+. The molecule has 6 heteroatoms. The lowest BCUT2D eigenvalue weighted by atomic mass is 10.1. The third kappa shape index (κ3) is 6.85. The number of hydrogen-bond acceptors (Lipinski definition) is 2. The molecule has 0 aliphatic carbocycles. The largest absolute Gasteiger partial charge is 0.347 e. The number of carbonyl (C=O) groups excluding carboxylic acids is 2. The average molecular weight is 296 g/mol. The van der Waals surface area contributed by atoms with Crippen LogP contribution in [0.5, 0.6) is 0 Å². The summed E-state index contributed by atoms with van der Waals surface area (Å²) in [5.74, 6) is -0.936. The monoisotopic (exact) mass is 296 g/mol. The Labute approximate surface area is 124 Å². The molecule has 1 aromatic rings. The Kier molecular flexibility index (Phi) is 5.84. The first-order valence-corrected chi connectivity index (χ1v) is 6.84. The summed E-state index contributed by atoms with van der Waals surface area (Å²) in [4.78, 5) is 24.3. The topological polar surface area (TPSA) is 62.6 Å². The molecule has 5 nitrogen and oxygen atoms in total. The molecule has 116 valence electrons. The van der Waals surface area contributed by atoms with Gasteiger partial charge in [0.1, 0.15) is 5.82 Å². The minimum Gasteiger partial charge on any atom is -0.347 e. The van der Waals surface area contributed by atoms with E-state index < -0.39 is 5.82 Å². The van der Waals surface area contributed by atoms with Crippen LogP contribution in [0.4, 0.5) is 10.1 Å². The molecule has 0 saturated heterocycles. The first kappa shape index (κ1) is 17.1. The lowest BCUT2D eigenvalue weighted by Crippen LogP contribution is -3.11. The predicted molar refractivity (Wildman–Crippen MR) is 79.5 cm³/mol. The van der Waals surface area contributed by atoms with Crippen molar-refractivity contribution in [1.82, 2.24) is 5.32 Å². The van der Waals surface area contributed by atoms with Crippen molar-refractivity contribution in [2.24, 2.45) is 0 Å². The summed E-state index contributed by atoms with van der Waals surface area (Å²) in [6.07, 6.45) is 0. The number of amides is 2. The third-order valence-corrected chi connectivity index (χ3v) is 2.59. The highest BCUT2D eigenvalue weighted by atomic mass is 19.1. The van der Waals surface area contributed by atoms with Crippen LogP contribution in [0.15, 0.2) is 24.3 Å². The summed E-state index contributed by atoms with van der Waals surface area (Å²) >= 11 is 0. The van der Waals surface area contributed by atoms with Gasteiger partial charge in [0.2, 0.25) is 0 Å². The van der Waals surface area contributed by atoms with Gasteiger partial charge in [0.25, 0.3) is 11.8 Å². The molecule has 0 radical (unpaired) electrons. The maximum atomic E-state index is 13.4. The lowest BCUT2D eigenvalue weighted by molar-refractivity contribution is -0.862. The van der Waals surface area contributed by atoms with Crippen molar-refractivity contribution in [3.63, 3.8) is 0 Å². The highest BCUT2D eigenvalue weighted by molar-refractivity contribution is 5.91. The summed E-state index contributed by atoms with van der Waals surface area (Å²) in [6, 6.07) is 5.98. The van der Waals surface area contributed by atoms with Gasteiger partial charge in [-0.3, -0.25) is 9.59 Å². The molecule has 1 rings (SSSR count). The Balaban J connectivity index is 2.44. The summed E-state index contributed by atoms with van der Waals surface area (Å²) in [6.45, 7) is 5.95. The van der Waals surface area contributed by atoms with Crippen LogP contribution in [-0.4, -0.2) is 37.5 Å². The number of nitrogens with one attached hydrogen (secondary N) is 3. The first-order valence-electron chi connectivity index (χ1n) is 6.84. The molecule has 0 spiro atoms.